The van der Waals surface area contributed by atoms with E-state index in [0.717, 1.165) is 39.1 Å². The van der Waals surface area contributed by atoms with E-state index in [1.54, 1.807) is 24.3 Å². The predicted octanol–water partition coefficient (Wildman–Crippen LogP) is 6.42. The van der Waals surface area contributed by atoms with Crippen LogP contribution >= 0.6 is 0 Å². The van der Waals surface area contributed by atoms with Gasteiger partial charge in [0.25, 0.3) is 5.91 Å². The van der Waals surface area contributed by atoms with E-state index in [9.17, 15) is 9.59 Å². The van der Waals surface area contributed by atoms with Gasteiger partial charge in [0.2, 0.25) is 5.91 Å². The van der Waals surface area contributed by atoms with Crippen LogP contribution in [0.3, 0.4) is 0 Å². The van der Waals surface area contributed by atoms with E-state index in [1.165, 1.54) is 6.92 Å². The lowest BCUT2D eigenvalue weighted by Gasteiger charge is -2.09. The smallest absolute Gasteiger partial charge is 0.255 e. The number of amides is 2. The first-order valence-electron chi connectivity index (χ1n) is 11.3. The number of aromatic amines is 1. The normalized spacial score (nSPS) is 10.8. The first-order valence-corrected chi connectivity index (χ1v) is 11.3. The minimum absolute atomic E-state index is 0.184. The number of H-pyrrole nitrogens is 1. The number of imidazole rings is 1. The van der Waals surface area contributed by atoms with Crippen LogP contribution in [0.25, 0.3) is 33.5 Å². The van der Waals surface area contributed by atoms with Crippen molar-refractivity contribution in [3.63, 3.8) is 0 Å². The van der Waals surface area contributed by atoms with Gasteiger partial charge in [0, 0.05) is 29.4 Å². The number of aryl methyl sites for hydroxylation is 1. The van der Waals surface area contributed by atoms with E-state index in [-0.39, 0.29) is 11.8 Å². The summed E-state index contributed by atoms with van der Waals surface area (Å²) in [5, 5.41) is 5.64. The SMILES string of the molecule is CC(=O)Nc1cccc(C(=O)Nc2cccc(-c3ccc(-c4nc5c(C)cccc5[nH]4)cc3)c2)c1. The number of para-hydroxylation sites is 1. The quantitative estimate of drug-likeness (QED) is 0.283. The van der Waals surface area contributed by atoms with Gasteiger partial charge in [0.1, 0.15) is 5.82 Å². The largest absolute Gasteiger partial charge is 0.338 e. The number of benzene rings is 4. The molecule has 0 saturated carbocycles. The maximum atomic E-state index is 12.8. The van der Waals surface area contributed by atoms with Gasteiger partial charge in [-0.25, -0.2) is 4.98 Å². The second kappa shape index (κ2) is 9.27. The number of carbonyl (C=O) groups excluding carboxylic acids is 2. The Kier molecular flexibility index (Phi) is 5.85. The highest BCUT2D eigenvalue weighted by molar-refractivity contribution is 6.05. The van der Waals surface area contributed by atoms with Crippen molar-refractivity contribution in [3.8, 4) is 22.5 Å². The third-order valence-electron chi connectivity index (χ3n) is 5.77. The molecule has 5 rings (SSSR count). The summed E-state index contributed by atoms with van der Waals surface area (Å²) in [7, 11) is 0. The minimum Gasteiger partial charge on any atom is -0.338 e. The molecule has 4 aromatic carbocycles. The van der Waals surface area contributed by atoms with Crippen LogP contribution in [0.5, 0.6) is 0 Å². The van der Waals surface area contributed by atoms with Crippen LogP contribution in [0.4, 0.5) is 11.4 Å². The van der Waals surface area contributed by atoms with Crippen LogP contribution in [0, 0.1) is 6.92 Å². The van der Waals surface area contributed by atoms with Crippen molar-refractivity contribution in [2.24, 2.45) is 0 Å². The first-order chi connectivity index (χ1) is 17.0. The van der Waals surface area contributed by atoms with E-state index < -0.39 is 0 Å². The highest BCUT2D eigenvalue weighted by atomic mass is 16.2. The molecule has 1 heterocycles. The lowest BCUT2D eigenvalue weighted by atomic mass is 10.0. The van der Waals surface area contributed by atoms with Gasteiger partial charge >= 0.3 is 0 Å². The summed E-state index contributed by atoms with van der Waals surface area (Å²) in [4.78, 5) is 32.2. The Labute approximate surface area is 203 Å². The molecule has 0 aliphatic heterocycles. The Morgan fingerprint density at radius 1 is 0.743 bits per heavy atom. The van der Waals surface area contributed by atoms with E-state index in [1.807, 2.05) is 60.7 Å². The molecule has 2 amide bonds. The molecule has 0 bridgehead atoms. The zero-order valence-corrected chi connectivity index (χ0v) is 19.4. The molecule has 0 aliphatic carbocycles. The number of nitrogens with zero attached hydrogens (tertiary/aromatic N) is 1. The summed E-state index contributed by atoms with van der Waals surface area (Å²) in [6.07, 6.45) is 0. The first kappa shape index (κ1) is 22.1. The Morgan fingerprint density at radius 3 is 2.17 bits per heavy atom. The molecule has 0 aliphatic rings. The number of anilines is 2. The Bertz CT molecular complexity index is 1550. The number of hydrogen-bond donors (Lipinski definition) is 3. The number of carbonyl (C=O) groups is 2. The number of fused-ring (bicyclic) bond motifs is 1. The Morgan fingerprint density at radius 2 is 1.43 bits per heavy atom. The number of rotatable bonds is 5. The van der Waals surface area contributed by atoms with Crippen molar-refractivity contribution in [2.45, 2.75) is 13.8 Å². The van der Waals surface area contributed by atoms with Crippen LogP contribution in [0.15, 0.2) is 91.0 Å². The van der Waals surface area contributed by atoms with Gasteiger partial charge in [0.15, 0.2) is 0 Å². The molecule has 0 unspecified atom stereocenters. The summed E-state index contributed by atoms with van der Waals surface area (Å²) in [5.41, 5.74) is 7.91. The zero-order chi connectivity index (χ0) is 24.4. The van der Waals surface area contributed by atoms with E-state index in [2.05, 4.69) is 28.6 Å². The fourth-order valence-electron chi connectivity index (χ4n) is 4.05. The Balaban J connectivity index is 1.34. The average Bonchev–Trinajstić information content (AvgIpc) is 3.30. The van der Waals surface area contributed by atoms with Crippen LogP contribution in [0.2, 0.25) is 0 Å². The molecule has 172 valence electrons. The zero-order valence-electron chi connectivity index (χ0n) is 19.4. The molecule has 3 N–H and O–H groups in total. The van der Waals surface area contributed by atoms with Gasteiger partial charge < -0.3 is 15.6 Å². The second-order valence-electron chi connectivity index (χ2n) is 8.43. The molecule has 6 nitrogen and oxygen atoms in total. The van der Waals surface area contributed by atoms with Crippen LogP contribution < -0.4 is 10.6 Å². The second-order valence-corrected chi connectivity index (χ2v) is 8.43. The summed E-state index contributed by atoms with van der Waals surface area (Å²) in [5.74, 6) is 0.407. The maximum Gasteiger partial charge on any atom is 0.255 e. The van der Waals surface area contributed by atoms with Crippen molar-refractivity contribution >= 4 is 34.2 Å². The molecule has 1 aromatic heterocycles. The molecule has 0 atom stereocenters. The van der Waals surface area contributed by atoms with Gasteiger partial charge in [-0.1, -0.05) is 54.6 Å². The number of nitrogens with one attached hydrogen (secondary N) is 3. The average molecular weight is 461 g/mol. The molecule has 0 saturated heterocycles. The molecular formula is C29H24N4O2. The summed E-state index contributed by atoms with van der Waals surface area (Å²) >= 11 is 0. The van der Waals surface area contributed by atoms with Crippen LogP contribution in [-0.4, -0.2) is 21.8 Å². The van der Waals surface area contributed by atoms with Crippen LogP contribution in [-0.2, 0) is 4.79 Å². The standard InChI is InChI=1S/C29H24N4O2/c1-18-6-3-11-26-27(18)33-28(32-26)21-14-12-20(13-15-21)22-7-4-10-25(16-22)31-29(35)23-8-5-9-24(17-23)30-19(2)34/h3-17H,1-2H3,(H,30,34)(H,31,35)(H,32,33). The molecule has 6 heteroatoms. The third-order valence-corrected chi connectivity index (χ3v) is 5.77. The van der Waals surface area contributed by atoms with Gasteiger partial charge in [-0.3, -0.25) is 9.59 Å². The van der Waals surface area contributed by atoms with Gasteiger partial charge in [-0.2, -0.15) is 0 Å². The molecular weight excluding hydrogens is 436 g/mol. The third kappa shape index (κ3) is 4.82. The predicted molar refractivity (Wildman–Crippen MR) is 140 cm³/mol. The summed E-state index contributed by atoms with van der Waals surface area (Å²) in [6.45, 7) is 3.49. The highest BCUT2D eigenvalue weighted by Crippen LogP contribution is 2.27. The van der Waals surface area contributed by atoms with Crippen molar-refractivity contribution in [2.75, 3.05) is 10.6 Å². The molecule has 35 heavy (non-hydrogen) atoms. The fraction of sp³-hybridized carbons (Fsp3) is 0.0690. The van der Waals surface area contributed by atoms with Gasteiger partial charge in [0.05, 0.1) is 11.0 Å². The molecule has 5 aromatic rings. The van der Waals surface area contributed by atoms with Crippen molar-refractivity contribution < 1.29 is 9.59 Å². The summed E-state index contributed by atoms with van der Waals surface area (Å²) in [6, 6.07) is 28.8. The lowest BCUT2D eigenvalue weighted by molar-refractivity contribution is -0.114. The fourth-order valence-corrected chi connectivity index (χ4v) is 4.05. The van der Waals surface area contributed by atoms with Gasteiger partial charge in [-0.15, -0.1) is 0 Å². The lowest BCUT2D eigenvalue weighted by Crippen LogP contribution is -2.13. The van der Waals surface area contributed by atoms with E-state index in [0.29, 0.717) is 16.9 Å². The van der Waals surface area contributed by atoms with E-state index >= 15 is 0 Å². The Hall–Kier alpha value is -4.71. The maximum absolute atomic E-state index is 12.8. The highest BCUT2D eigenvalue weighted by Gasteiger charge is 2.10. The number of hydrogen-bond acceptors (Lipinski definition) is 3. The number of aromatic nitrogens is 2. The minimum atomic E-state index is -0.245. The van der Waals surface area contributed by atoms with Crippen molar-refractivity contribution in [1.82, 2.24) is 9.97 Å². The molecule has 0 radical (unpaired) electrons. The topological polar surface area (TPSA) is 86.9 Å². The monoisotopic (exact) mass is 460 g/mol. The van der Waals surface area contributed by atoms with E-state index in [4.69, 9.17) is 4.98 Å². The van der Waals surface area contributed by atoms with Crippen molar-refractivity contribution in [1.29, 1.82) is 0 Å². The van der Waals surface area contributed by atoms with Crippen LogP contribution in [0.1, 0.15) is 22.8 Å². The van der Waals surface area contributed by atoms with Crippen molar-refractivity contribution in [3.05, 3.63) is 102 Å². The molecule has 0 fully saturated rings. The van der Waals surface area contributed by atoms with Gasteiger partial charge in [-0.05, 0) is 60.0 Å². The molecule has 0 spiro atoms. The summed E-state index contributed by atoms with van der Waals surface area (Å²) < 4.78 is 0.